The Labute approximate surface area is 411 Å². The predicted octanol–water partition coefficient (Wildman–Crippen LogP) is 18.7. The van der Waals surface area contributed by atoms with Crippen LogP contribution >= 0.6 is 22.7 Å². The highest BCUT2D eigenvalue weighted by Gasteiger charge is 2.24. The smallest absolute Gasteiger partial charge is 0.0634 e. The molecule has 0 spiro atoms. The molecule has 0 saturated heterocycles. The van der Waals surface area contributed by atoms with E-state index >= 15 is 0 Å². The van der Waals surface area contributed by atoms with Crippen LogP contribution in [0.1, 0.15) is 0 Å². The fraction of sp³-hybridized carbons (Fsp3) is 0. The van der Waals surface area contributed by atoms with E-state index in [0.29, 0.717) is 0 Å². The van der Waals surface area contributed by atoms with E-state index < -0.39 is 0 Å². The van der Waals surface area contributed by atoms with Gasteiger partial charge in [0.2, 0.25) is 0 Å². The molecule has 0 saturated carbocycles. The summed E-state index contributed by atoms with van der Waals surface area (Å²) in [7, 11) is 0. The number of nitrogens with zero attached hydrogens (tertiary/aromatic N) is 3. The first-order valence-electron chi connectivity index (χ1n) is 23.8. The lowest BCUT2D eigenvalue weighted by Gasteiger charge is -2.15. The topological polar surface area (TPSA) is 22.8 Å². The van der Waals surface area contributed by atoms with Gasteiger partial charge in [0.05, 0.1) is 22.1 Å². The van der Waals surface area contributed by atoms with Crippen LogP contribution in [0.3, 0.4) is 0 Å². The number of aromatic nitrogens is 3. The van der Waals surface area contributed by atoms with Crippen molar-refractivity contribution in [3.63, 3.8) is 0 Å². The van der Waals surface area contributed by atoms with E-state index in [1.807, 2.05) is 35.1 Å². The lowest BCUT2D eigenvalue weighted by molar-refractivity contribution is 1.18. The first-order valence-corrected chi connectivity index (χ1v) is 25.4. The molecule has 5 heteroatoms. The fourth-order valence-corrected chi connectivity index (χ4v) is 13.8. The summed E-state index contributed by atoms with van der Waals surface area (Å²) in [5, 5.41) is 10.3. The molecule has 0 aliphatic carbocycles. The standard InChI is InChI=1S/C65H39N3S2/c1-3-17-40(18-4-1)52-36-54-48-25-9-13-31-58(48)69-64(54)60-50-27-7-11-29-56(50)67(62(52)60)46-23-15-21-42(34-46)44-33-45(39-66-38-44)43-22-16-24-47(35-43)68-57-30-12-8-28-51(57)61-63(68)53(41-19-5-2-6-20-41)37-55-49-26-10-14-32-59(49)70-65(55)61/h1-39H. The molecule has 0 amide bonds. The van der Waals surface area contributed by atoms with Gasteiger partial charge >= 0.3 is 0 Å². The summed E-state index contributed by atoms with van der Waals surface area (Å²) in [4.78, 5) is 4.93. The molecule has 5 heterocycles. The third kappa shape index (κ3) is 5.89. The van der Waals surface area contributed by atoms with Gasteiger partial charge in [0, 0.05) is 108 Å². The summed E-state index contributed by atoms with van der Waals surface area (Å²) in [5.74, 6) is 0. The number of para-hydroxylation sites is 2. The maximum Gasteiger partial charge on any atom is 0.0634 e. The van der Waals surface area contributed by atoms with Gasteiger partial charge in [-0.2, -0.15) is 0 Å². The van der Waals surface area contributed by atoms with Crippen LogP contribution in [-0.2, 0) is 0 Å². The molecule has 3 nitrogen and oxygen atoms in total. The maximum absolute atomic E-state index is 4.93. The Morgan fingerprint density at radius 3 is 1.17 bits per heavy atom. The number of thiophene rings is 2. The van der Waals surface area contributed by atoms with Crippen molar-refractivity contribution < 1.29 is 0 Å². The zero-order valence-electron chi connectivity index (χ0n) is 37.7. The van der Waals surface area contributed by atoms with Crippen LogP contribution in [0.25, 0.3) is 140 Å². The van der Waals surface area contributed by atoms with Gasteiger partial charge in [-0.25, -0.2) is 0 Å². The monoisotopic (exact) mass is 925 g/mol. The number of benzene rings is 10. The highest BCUT2D eigenvalue weighted by Crippen LogP contribution is 2.49. The van der Waals surface area contributed by atoms with Gasteiger partial charge in [-0.1, -0.05) is 158 Å². The third-order valence-corrected chi connectivity index (χ3v) is 16.8. The van der Waals surface area contributed by atoms with Crippen molar-refractivity contribution in [1.82, 2.24) is 14.1 Å². The van der Waals surface area contributed by atoms with E-state index in [-0.39, 0.29) is 0 Å². The first kappa shape index (κ1) is 39.4. The van der Waals surface area contributed by atoms with E-state index in [0.717, 1.165) is 33.6 Å². The van der Waals surface area contributed by atoms with Gasteiger partial charge in [0.1, 0.15) is 0 Å². The molecule has 0 bridgehead atoms. The maximum atomic E-state index is 4.93. The Hall–Kier alpha value is -8.61. The minimum Gasteiger partial charge on any atom is -0.309 e. The number of pyridine rings is 1. The first-order chi connectivity index (χ1) is 34.7. The summed E-state index contributed by atoms with van der Waals surface area (Å²) in [5.41, 5.74) is 16.3. The Balaban J connectivity index is 0.901. The van der Waals surface area contributed by atoms with Crippen LogP contribution < -0.4 is 0 Å². The normalized spacial score (nSPS) is 12.0. The minimum atomic E-state index is 1.07. The average molecular weight is 926 g/mol. The molecule has 0 N–H and O–H groups in total. The lowest BCUT2D eigenvalue weighted by Crippen LogP contribution is -1.97. The molecule has 326 valence electrons. The van der Waals surface area contributed by atoms with Crippen molar-refractivity contribution in [2.24, 2.45) is 0 Å². The molecular formula is C65H39N3S2. The van der Waals surface area contributed by atoms with Crippen molar-refractivity contribution >= 4 is 107 Å². The molecule has 0 fully saturated rings. The zero-order chi connectivity index (χ0) is 45.9. The predicted molar refractivity (Wildman–Crippen MR) is 300 cm³/mol. The molecule has 15 aromatic rings. The number of rotatable bonds is 6. The van der Waals surface area contributed by atoms with Crippen LogP contribution in [0.2, 0.25) is 0 Å². The summed E-state index contributed by atoms with van der Waals surface area (Å²) < 4.78 is 10.2. The Morgan fingerprint density at radius 1 is 0.300 bits per heavy atom. The van der Waals surface area contributed by atoms with Crippen molar-refractivity contribution in [2.45, 2.75) is 0 Å². The van der Waals surface area contributed by atoms with Gasteiger partial charge in [-0.3, -0.25) is 4.98 Å². The summed E-state index contributed by atoms with van der Waals surface area (Å²) >= 11 is 3.79. The van der Waals surface area contributed by atoms with Crippen LogP contribution in [0.5, 0.6) is 0 Å². The van der Waals surface area contributed by atoms with Crippen molar-refractivity contribution in [1.29, 1.82) is 0 Å². The second kappa shape index (κ2) is 15.5. The van der Waals surface area contributed by atoms with E-state index in [1.165, 1.54) is 106 Å². The summed E-state index contributed by atoms with van der Waals surface area (Å²) in [6.07, 6.45) is 4.01. The fourth-order valence-electron chi connectivity index (χ4n) is 11.3. The molecule has 5 aromatic heterocycles. The third-order valence-electron chi connectivity index (χ3n) is 14.3. The number of fused-ring (bicyclic) bond motifs is 14. The molecular weight excluding hydrogens is 887 g/mol. The zero-order valence-corrected chi connectivity index (χ0v) is 39.3. The van der Waals surface area contributed by atoms with Crippen molar-refractivity contribution in [3.8, 4) is 55.9 Å². The van der Waals surface area contributed by atoms with Gasteiger partial charge in [0.25, 0.3) is 0 Å². The highest BCUT2D eigenvalue weighted by atomic mass is 32.1. The van der Waals surface area contributed by atoms with Crippen molar-refractivity contribution in [2.75, 3.05) is 0 Å². The second-order valence-corrected chi connectivity index (χ2v) is 20.3. The minimum absolute atomic E-state index is 1.07. The number of hydrogen-bond donors (Lipinski definition) is 0. The lowest BCUT2D eigenvalue weighted by atomic mass is 9.98. The Kier molecular flexibility index (Phi) is 8.70. The van der Waals surface area contributed by atoms with E-state index in [2.05, 4.69) is 234 Å². The van der Waals surface area contributed by atoms with Gasteiger partial charge < -0.3 is 9.13 Å². The Bertz CT molecular complexity index is 4300. The largest absolute Gasteiger partial charge is 0.309 e. The quantitative estimate of drug-likeness (QED) is 0.163. The molecule has 10 aromatic carbocycles. The molecule has 0 unspecified atom stereocenters. The Morgan fingerprint density at radius 2 is 0.700 bits per heavy atom. The molecule has 0 radical (unpaired) electrons. The molecule has 0 aliphatic heterocycles. The van der Waals surface area contributed by atoms with Crippen LogP contribution in [0, 0.1) is 0 Å². The highest BCUT2D eigenvalue weighted by molar-refractivity contribution is 7.27. The van der Waals surface area contributed by atoms with Crippen LogP contribution in [0.15, 0.2) is 237 Å². The average Bonchev–Trinajstić information content (AvgIpc) is 4.19. The van der Waals surface area contributed by atoms with Gasteiger partial charge in [-0.05, 0) is 89.0 Å². The van der Waals surface area contributed by atoms with Gasteiger partial charge in [-0.15, -0.1) is 22.7 Å². The van der Waals surface area contributed by atoms with Gasteiger partial charge in [0.15, 0.2) is 0 Å². The second-order valence-electron chi connectivity index (χ2n) is 18.2. The SMILES string of the molecule is c1ccc(-c2cc3c4ccccc4sc3c3c4ccccc4n(-c4cccc(-c5cncc(-c6cccc(-n7c8ccccc8c8c9sc%10ccccc%10c9cc(-c9ccccc9)c87)c6)c5)c4)c23)cc1. The van der Waals surface area contributed by atoms with Crippen molar-refractivity contribution in [3.05, 3.63) is 237 Å². The number of hydrogen-bond acceptors (Lipinski definition) is 3. The van der Waals surface area contributed by atoms with Crippen LogP contribution in [0.4, 0.5) is 0 Å². The van der Waals surface area contributed by atoms with E-state index in [1.54, 1.807) is 0 Å². The summed E-state index contributed by atoms with van der Waals surface area (Å²) in [6.45, 7) is 0. The van der Waals surface area contributed by atoms with E-state index in [9.17, 15) is 0 Å². The molecule has 15 rings (SSSR count). The molecule has 70 heavy (non-hydrogen) atoms. The van der Waals surface area contributed by atoms with E-state index in [4.69, 9.17) is 4.98 Å². The molecule has 0 atom stereocenters. The molecule has 0 aliphatic rings. The summed E-state index contributed by atoms with van der Waals surface area (Å²) in [6, 6.07) is 82.4. The van der Waals surface area contributed by atoms with Crippen LogP contribution in [-0.4, -0.2) is 14.1 Å².